The van der Waals surface area contributed by atoms with Gasteiger partial charge in [-0.25, -0.2) is 5.48 Å². The van der Waals surface area contributed by atoms with Gasteiger partial charge < -0.3 is 4.31 Å². The van der Waals surface area contributed by atoms with Crippen LogP contribution in [0.1, 0.15) is 44.1 Å². The van der Waals surface area contributed by atoms with Crippen molar-refractivity contribution in [2.45, 2.75) is 49.7 Å². The first-order valence-electron chi connectivity index (χ1n) is 10.7. The summed E-state index contributed by atoms with van der Waals surface area (Å²) >= 11 is 3.56. The second kappa shape index (κ2) is 12.5. The largest absolute Gasteiger partial charge is 0.312 e. The molecule has 0 aliphatic heterocycles. The molecule has 3 rings (SSSR count). The summed E-state index contributed by atoms with van der Waals surface area (Å²) in [6.07, 6.45) is 5.55. The van der Waals surface area contributed by atoms with Crippen LogP contribution in [0.15, 0.2) is 70.3 Å². The topological polar surface area (TPSA) is 52.6 Å². The average molecular weight is 455 g/mol. The molecule has 0 radical (unpaired) electrons. The molecule has 1 heterocycles. The molecule has 1 amide bonds. The minimum Gasteiger partial charge on any atom is -0.312 e. The van der Waals surface area contributed by atoms with Gasteiger partial charge in [-0.05, 0) is 66.4 Å². The molecule has 0 aliphatic rings. The SMILES string of the molecule is Cc1cccc(-c2ccc(N(CCCCCCCC(=O)NO)Sc3cccs3)cc2)c1. The lowest BCUT2D eigenvalue weighted by atomic mass is 10.0. The molecule has 2 N–H and O–H groups in total. The molecule has 0 atom stereocenters. The van der Waals surface area contributed by atoms with Crippen molar-refractivity contribution in [3.63, 3.8) is 0 Å². The summed E-state index contributed by atoms with van der Waals surface area (Å²) in [6.45, 7) is 3.10. The lowest BCUT2D eigenvalue weighted by Gasteiger charge is -2.23. The standard InChI is InChI=1S/C25H30N2O2S2/c1-20-9-7-10-22(19-20)21-13-15-23(16-14-21)27(31-25-12-8-18-30-25)17-6-4-2-3-5-11-24(28)26-29/h7-10,12-16,18-19,29H,2-6,11,17H2,1H3,(H,26,28). The van der Waals surface area contributed by atoms with Gasteiger partial charge in [0, 0.05) is 18.7 Å². The Balaban J connectivity index is 1.56. The van der Waals surface area contributed by atoms with E-state index in [1.165, 1.54) is 26.6 Å². The zero-order valence-corrected chi connectivity index (χ0v) is 19.6. The summed E-state index contributed by atoms with van der Waals surface area (Å²) in [5, 5.41) is 10.7. The van der Waals surface area contributed by atoms with Crippen LogP contribution >= 0.6 is 23.3 Å². The molecule has 0 fully saturated rings. The van der Waals surface area contributed by atoms with Gasteiger partial charge in [0.2, 0.25) is 5.91 Å². The Morgan fingerprint density at radius 3 is 2.45 bits per heavy atom. The third kappa shape index (κ3) is 7.73. The number of nitrogens with one attached hydrogen (secondary N) is 1. The van der Waals surface area contributed by atoms with Crippen LogP contribution in [-0.4, -0.2) is 17.7 Å². The van der Waals surface area contributed by atoms with Gasteiger partial charge in [0.15, 0.2) is 0 Å². The first-order valence-corrected chi connectivity index (χ1v) is 12.4. The van der Waals surface area contributed by atoms with Crippen molar-refractivity contribution < 1.29 is 10.0 Å². The van der Waals surface area contributed by atoms with E-state index in [2.05, 4.69) is 77.3 Å². The van der Waals surface area contributed by atoms with Gasteiger partial charge in [0.25, 0.3) is 0 Å². The minimum absolute atomic E-state index is 0.298. The normalized spacial score (nSPS) is 10.8. The smallest absolute Gasteiger partial charge is 0.243 e. The minimum atomic E-state index is -0.298. The molecule has 31 heavy (non-hydrogen) atoms. The molecule has 2 aromatic carbocycles. The van der Waals surface area contributed by atoms with E-state index >= 15 is 0 Å². The third-order valence-corrected chi connectivity index (χ3v) is 7.20. The van der Waals surface area contributed by atoms with Gasteiger partial charge in [-0.3, -0.25) is 10.0 Å². The van der Waals surface area contributed by atoms with Gasteiger partial charge in [-0.1, -0.05) is 67.3 Å². The molecule has 6 heteroatoms. The van der Waals surface area contributed by atoms with Crippen LogP contribution in [0.4, 0.5) is 5.69 Å². The Hall–Kier alpha value is -2.28. The second-order valence-corrected chi connectivity index (χ2v) is 9.86. The molecule has 3 aromatic rings. The quantitative estimate of drug-likeness (QED) is 0.133. The van der Waals surface area contributed by atoms with E-state index in [1.54, 1.807) is 28.8 Å². The number of carbonyl (C=O) groups is 1. The number of amides is 1. The fraction of sp³-hybridized carbons (Fsp3) is 0.320. The lowest BCUT2D eigenvalue weighted by Crippen LogP contribution is -2.17. The van der Waals surface area contributed by atoms with Crippen molar-refractivity contribution in [3.05, 3.63) is 71.6 Å². The molecule has 4 nitrogen and oxygen atoms in total. The number of thiophene rings is 1. The van der Waals surface area contributed by atoms with Crippen LogP contribution in [0.5, 0.6) is 0 Å². The predicted molar refractivity (Wildman–Crippen MR) is 132 cm³/mol. The van der Waals surface area contributed by atoms with E-state index in [9.17, 15) is 4.79 Å². The van der Waals surface area contributed by atoms with Crippen LogP contribution in [0, 0.1) is 6.92 Å². The third-order valence-electron chi connectivity index (χ3n) is 5.09. The van der Waals surface area contributed by atoms with Crippen molar-refractivity contribution in [1.29, 1.82) is 0 Å². The number of anilines is 1. The molecule has 0 aliphatic carbocycles. The maximum Gasteiger partial charge on any atom is 0.243 e. The number of benzene rings is 2. The molecular formula is C25H30N2O2S2. The number of hydrogen-bond acceptors (Lipinski definition) is 5. The lowest BCUT2D eigenvalue weighted by molar-refractivity contribution is -0.129. The molecule has 0 spiro atoms. The Kier molecular flexibility index (Phi) is 9.46. The van der Waals surface area contributed by atoms with Crippen LogP contribution in [0.3, 0.4) is 0 Å². The summed E-state index contributed by atoms with van der Waals surface area (Å²) in [6, 6.07) is 21.7. The van der Waals surface area contributed by atoms with E-state index < -0.39 is 0 Å². The number of nitrogens with zero attached hydrogens (tertiary/aromatic N) is 1. The zero-order valence-electron chi connectivity index (χ0n) is 17.9. The molecular weight excluding hydrogens is 424 g/mol. The summed E-state index contributed by atoms with van der Waals surface area (Å²) in [7, 11) is 0. The highest BCUT2D eigenvalue weighted by molar-refractivity contribution is 8.02. The first kappa shape index (κ1) is 23.4. The van der Waals surface area contributed by atoms with Crippen LogP contribution in [-0.2, 0) is 4.79 Å². The second-order valence-electron chi connectivity index (χ2n) is 7.59. The van der Waals surface area contributed by atoms with Gasteiger partial charge >= 0.3 is 0 Å². The summed E-state index contributed by atoms with van der Waals surface area (Å²) in [4.78, 5) is 11.1. The number of hydrogen-bond donors (Lipinski definition) is 2. The van der Waals surface area contributed by atoms with Crippen molar-refractivity contribution in [1.82, 2.24) is 5.48 Å². The summed E-state index contributed by atoms with van der Waals surface area (Å²) < 4.78 is 3.67. The maximum atomic E-state index is 11.1. The Bertz CT molecular complexity index is 927. The Morgan fingerprint density at radius 1 is 0.968 bits per heavy atom. The van der Waals surface area contributed by atoms with E-state index in [-0.39, 0.29) is 5.91 Å². The molecule has 0 bridgehead atoms. The predicted octanol–water partition coefficient (Wildman–Crippen LogP) is 7.08. The van der Waals surface area contributed by atoms with Crippen molar-refractivity contribution in [3.8, 4) is 11.1 Å². The Morgan fingerprint density at radius 2 is 1.74 bits per heavy atom. The van der Waals surface area contributed by atoms with E-state index in [1.807, 2.05) is 0 Å². The van der Waals surface area contributed by atoms with E-state index in [0.29, 0.717) is 6.42 Å². The number of aryl methyl sites for hydroxylation is 1. The van der Waals surface area contributed by atoms with Crippen molar-refractivity contribution >= 4 is 34.9 Å². The monoisotopic (exact) mass is 454 g/mol. The molecule has 0 unspecified atom stereocenters. The average Bonchev–Trinajstić information content (AvgIpc) is 3.31. The molecule has 0 saturated heterocycles. The fourth-order valence-corrected chi connectivity index (χ4v) is 5.28. The highest BCUT2D eigenvalue weighted by Crippen LogP contribution is 2.33. The van der Waals surface area contributed by atoms with Crippen molar-refractivity contribution in [2.75, 3.05) is 10.8 Å². The molecule has 1 aromatic heterocycles. The fourth-order valence-electron chi connectivity index (χ4n) is 3.42. The van der Waals surface area contributed by atoms with Gasteiger partial charge in [-0.15, -0.1) is 11.3 Å². The van der Waals surface area contributed by atoms with Gasteiger partial charge in [0.05, 0.1) is 4.21 Å². The number of carbonyl (C=O) groups excluding carboxylic acids is 1. The van der Waals surface area contributed by atoms with Crippen LogP contribution < -0.4 is 9.79 Å². The number of unbranched alkanes of at least 4 members (excludes halogenated alkanes) is 4. The Labute approximate surface area is 193 Å². The molecule has 164 valence electrons. The molecule has 0 saturated carbocycles. The van der Waals surface area contributed by atoms with Crippen LogP contribution in [0.25, 0.3) is 11.1 Å². The van der Waals surface area contributed by atoms with Crippen LogP contribution in [0.2, 0.25) is 0 Å². The van der Waals surface area contributed by atoms with Gasteiger partial charge in [-0.2, -0.15) is 0 Å². The summed E-state index contributed by atoms with van der Waals surface area (Å²) in [5.74, 6) is -0.298. The summed E-state index contributed by atoms with van der Waals surface area (Å²) in [5.41, 5.74) is 6.66. The van der Waals surface area contributed by atoms with Gasteiger partial charge in [0.1, 0.15) is 0 Å². The number of rotatable bonds is 12. The first-order chi connectivity index (χ1) is 15.2. The highest BCUT2D eigenvalue weighted by atomic mass is 32.2. The maximum absolute atomic E-state index is 11.1. The van der Waals surface area contributed by atoms with E-state index in [4.69, 9.17) is 5.21 Å². The number of hydroxylamine groups is 1. The zero-order chi connectivity index (χ0) is 21.9. The highest BCUT2D eigenvalue weighted by Gasteiger charge is 2.10. The van der Waals surface area contributed by atoms with E-state index in [0.717, 1.165) is 38.6 Å². The van der Waals surface area contributed by atoms with Crippen molar-refractivity contribution in [2.24, 2.45) is 0 Å².